The third kappa shape index (κ3) is 2.43. The summed E-state index contributed by atoms with van der Waals surface area (Å²) in [6, 6.07) is 3.97. The summed E-state index contributed by atoms with van der Waals surface area (Å²) >= 11 is 0. The van der Waals surface area contributed by atoms with Gasteiger partial charge in [0.2, 0.25) is 0 Å². The van der Waals surface area contributed by atoms with Crippen molar-refractivity contribution in [2.24, 2.45) is 0 Å². The zero-order chi connectivity index (χ0) is 13.3. The summed E-state index contributed by atoms with van der Waals surface area (Å²) < 4.78 is 0. The molecule has 0 aliphatic carbocycles. The van der Waals surface area contributed by atoms with Crippen molar-refractivity contribution in [1.29, 1.82) is 0 Å². The summed E-state index contributed by atoms with van der Waals surface area (Å²) in [5.74, 6) is -2.34. The van der Waals surface area contributed by atoms with Gasteiger partial charge in [-0.05, 0) is 24.6 Å². The number of aliphatic hydroxyl groups excluding tert-OH is 1. The van der Waals surface area contributed by atoms with E-state index >= 15 is 0 Å². The second-order valence-corrected chi connectivity index (χ2v) is 4.27. The van der Waals surface area contributed by atoms with E-state index in [1.165, 1.54) is 12.1 Å². The third-order valence-electron chi connectivity index (χ3n) is 2.94. The van der Waals surface area contributed by atoms with Crippen LogP contribution in [0.3, 0.4) is 0 Å². The lowest BCUT2D eigenvalue weighted by atomic mass is 10.1. The van der Waals surface area contributed by atoms with Crippen LogP contribution in [0.1, 0.15) is 27.1 Å². The minimum atomic E-state index is -1.17. The van der Waals surface area contributed by atoms with E-state index in [0.717, 1.165) is 6.07 Å². The molecule has 0 spiro atoms. The van der Waals surface area contributed by atoms with Crippen molar-refractivity contribution >= 4 is 17.6 Å². The van der Waals surface area contributed by atoms with Crippen LogP contribution in [0.4, 0.5) is 5.69 Å². The van der Waals surface area contributed by atoms with Gasteiger partial charge in [0.05, 0.1) is 17.2 Å². The van der Waals surface area contributed by atoms with E-state index in [2.05, 4.69) is 0 Å². The maximum Gasteiger partial charge on any atom is 0.335 e. The van der Waals surface area contributed by atoms with Gasteiger partial charge in [0.15, 0.2) is 0 Å². The number of hydrogen-bond donors (Lipinski definition) is 3. The van der Waals surface area contributed by atoms with E-state index in [0.29, 0.717) is 25.2 Å². The average molecular weight is 251 g/mol. The number of carboxylic acid groups (broad SMARTS) is 2. The number of aliphatic hydroxyl groups is 1. The zero-order valence-corrected chi connectivity index (χ0v) is 9.54. The van der Waals surface area contributed by atoms with E-state index in [4.69, 9.17) is 10.2 Å². The second kappa shape index (κ2) is 4.66. The molecule has 96 valence electrons. The zero-order valence-electron chi connectivity index (χ0n) is 9.54. The molecule has 6 nitrogen and oxygen atoms in total. The number of hydrogen-bond acceptors (Lipinski definition) is 4. The Labute approximate surface area is 103 Å². The molecule has 1 fully saturated rings. The van der Waals surface area contributed by atoms with Gasteiger partial charge in [-0.15, -0.1) is 0 Å². The Balaban J connectivity index is 2.40. The molecule has 1 heterocycles. The predicted octanol–water partition coefficient (Wildman–Crippen LogP) is 0.654. The van der Waals surface area contributed by atoms with Gasteiger partial charge in [-0.1, -0.05) is 0 Å². The number of carboxylic acids is 2. The summed E-state index contributed by atoms with van der Waals surface area (Å²) in [4.78, 5) is 23.7. The Morgan fingerprint density at radius 2 is 1.67 bits per heavy atom. The smallest absolute Gasteiger partial charge is 0.335 e. The second-order valence-electron chi connectivity index (χ2n) is 4.27. The molecular formula is C12H13NO5. The Kier molecular flexibility index (Phi) is 3.20. The summed E-state index contributed by atoms with van der Waals surface area (Å²) in [6.45, 7) is 0.978. The Morgan fingerprint density at radius 1 is 1.11 bits per heavy atom. The minimum absolute atomic E-state index is 0.0636. The number of rotatable bonds is 3. The van der Waals surface area contributed by atoms with Crippen LogP contribution in [0.2, 0.25) is 0 Å². The molecule has 0 aromatic heterocycles. The largest absolute Gasteiger partial charge is 0.478 e. The fraction of sp³-hybridized carbons (Fsp3) is 0.333. The average Bonchev–Trinajstić information content (AvgIpc) is 2.75. The molecule has 3 N–H and O–H groups in total. The van der Waals surface area contributed by atoms with Gasteiger partial charge in [0.1, 0.15) is 0 Å². The first-order valence-corrected chi connectivity index (χ1v) is 5.52. The van der Waals surface area contributed by atoms with Gasteiger partial charge < -0.3 is 20.2 Å². The molecule has 1 aliphatic heterocycles. The Hall–Kier alpha value is -2.08. The molecule has 1 aromatic carbocycles. The topological polar surface area (TPSA) is 98.1 Å². The number of benzene rings is 1. The number of carbonyl (C=O) groups is 2. The predicted molar refractivity (Wildman–Crippen MR) is 63.2 cm³/mol. The monoisotopic (exact) mass is 251 g/mol. The molecule has 6 heteroatoms. The van der Waals surface area contributed by atoms with Crippen molar-refractivity contribution in [3.8, 4) is 0 Å². The van der Waals surface area contributed by atoms with Gasteiger partial charge in [-0.3, -0.25) is 0 Å². The maximum absolute atomic E-state index is 10.9. The lowest BCUT2D eigenvalue weighted by Gasteiger charge is -2.18. The molecule has 1 atom stereocenters. The molecule has 1 unspecified atom stereocenters. The van der Waals surface area contributed by atoms with Crippen LogP contribution >= 0.6 is 0 Å². The van der Waals surface area contributed by atoms with E-state index in [9.17, 15) is 14.7 Å². The molecule has 1 saturated heterocycles. The van der Waals surface area contributed by atoms with Crippen LogP contribution in [0.5, 0.6) is 0 Å². The first-order valence-electron chi connectivity index (χ1n) is 5.52. The molecule has 1 aromatic rings. The molecule has 0 radical (unpaired) electrons. The van der Waals surface area contributed by atoms with E-state index in [1.807, 2.05) is 0 Å². The summed E-state index contributed by atoms with van der Waals surface area (Å²) in [7, 11) is 0. The molecule has 0 bridgehead atoms. The third-order valence-corrected chi connectivity index (χ3v) is 2.94. The van der Waals surface area contributed by atoms with Crippen LogP contribution in [0.15, 0.2) is 18.2 Å². The van der Waals surface area contributed by atoms with E-state index < -0.39 is 18.0 Å². The van der Waals surface area contributed by atoms with Crippen LogP contribution in [-0.2, 0) is 0 Å². The lowest BCUT2D eigenvalue weighted by molar-refractivity contribution is 0.0696. The fourth-order valence-corrected chi connectivity index (χ4v) is 2.02. The lowest BCUT2D eigenvalue weighted by Crippen LogP contribution is -2.22. The molecule has 2 rings (SSSR count). The molecule has 0 amide bonds. The van der Waals surface area contributed by atoms with E-state index in [1.54, 1.807) is 4.90 Å². The summed E-state index contributed by atoms with van der Waals surface area (Å²) in [5, 5.41) is 27.3. The van der Waals surface area contributed by atoms with Crippen LogP contribution < -0.4 is 4.90 Å². The molecule has 1 aliphatic rings. The SMILES string of the molecule is O=C(O)c1cc(C(=O)O)cc(N2CCC(O)C2)c1. The number of nitrogens with zero attached hydrogens (tertiary/aromatic N) is 1. The Morgan fingerprint density at radius 3 is 2.06 bits per heavy atom. The van der Waals surface area contributed by atoms with Crippen LogP contribution in [-0.4, -0.2) is 46.5 Å². The van der Waals surface area contributed by atoms with Crippen molar-refractivity contribution in [3.63, 3.8) is 0 Å². The highest BCUT2D eigenvalue weighted by Crippen LogP contribution is 2.23. The molecular weight excluding hydrogens is 238 g/mol. The first-order chi connectivity index (χ1) is 8.47. The normalized spacial score (nSPS) is 18.9. The Bertz CT molecular complexity index is 467. The van der Waals surface area contributed by atoms with Crippen LogP contribution in [0.25, 0.3) is 0 Å². The van der Waals surface area contributed by atoms with Gasteiger partial charge in [-0.2, -0.15) is 0 Å². The van der Waals surface area contributed by atoms with Crippen molar-refractivity contribution in [2.75, 3.05) is 18.0 Å². The standard InChI is InChI=1S/C12H13NO5/c14-10-1-2-13(6-10)9-4-7(11(15)16)3-8(5-9)12(17)18/h3-5,10,14H,1-2,6H2,(H,15,16)(H,17,18). The van der Waals surface area contributed by atoms with Gasteiger partial charge >= 0.3 is 11.9 Å². The quantitative estimate of drug-likeness (QED) is 0.729. The highest BCUT2D eigenvalue weighted by Gasteiger charge is 2.22. The van der Waals surface area contributed by atoms with Crippen molar-refractivity contribution < 1.29 is 24.9 Å². The van der Waals surface area contributed by atoms with Gasteiger partial charge in [0.25, 0.3) is 0 Å². The minimum Gasteiger partial charge on any atom is -0.478 e. The fourth-order valence-electron chi connectivity index (χ4n) is 2.02. The molecule has 0 saturated carbocycles. The van der Waals surface area contributed by atoms with Crippen LogP contribution in [0, 0.1) is 0 Å². The van der Waals surface area contributed by atoms with Gasteiger partial charge in [-0.25, -0.2) is 9.59 Å². The maximum atomic E-state index is 10.9. The first kappa shape index (κ1) is 12.4. The van der Waals surface area contributed by atoms with Crippen molar-refractivity contribution in [2.45, 2.75) is 12.5 Å². The van der Waals surface area contributed by atoms with E-state index in [-0.39, 0.29) is 11.1 Å². The number of aromatic carboxylic acids is 2. The number of anilines is 1. The van der Waals surface area contributed by atoms with Gasteiger partial charge in [0, 0.05) is 18.8 Å². The highest BCUT2D eigenvalue weighted by molar-refractivity contribution is 5.95. The molecule has 18 heavy (non-hydrogen) atoms. The summed E-state index contributed by atoms with van der Waals surface area (Å²) in [5.41, 5.74) is 0.390. The van der Waals surface area contributed by atoms with Crippen molar-refractivity contribution in [1.82, 2.24) is 0 Å². The highest BCUT2D eigenvalue weighted by atomic mass is 16.4. The number of β-amino-alcohol motifs (C(OH)–C–C–N with tert-alkyl or cyclic N) is 1. The summed E-state index contributed by atoms with van der Waals surface area (Å²) in [6.07, 6.45) is 0.145. The van der Waals surface area contributed by atoms with Crippen molar-refractivity contribution in [3.05, 3.63) is 29.3 Å².